The minimum atomic E-state index is 0.584. The van der Waals surface area contributed by atoms with Gasteiger partial charge in [0.25, 0.3) is 0 Å². The van der Waals surface area contributed by atoms with Crippen molar-refractivity contribution in [2.45, 2.75) is 69.5 Å². The Morgan fingerprint density at radius 1 is 1.15 bits per heavy atom. The molecule has 0 aromatic carbocycles. The van der Waals surface area contributed by atoms with Gasteiger partial charge in [-0.25, -0.2) is 0 Å². The highest BCUT2D eigenvalue weighted by molar-refractivity contribution is 5.03. The third-order valence-corrected chi connectivity index (χ3v) is 4.73. The molecular formula is C15H24N4O. The Morgan fingerprint density at radius 3 is 2.85 bits per heavy atom. The minimum Gasteiger partial charge on any atom is -0.338 e. The van der Waals surface area contributed by atoms with E-state index in [-0.39, 0.29) is 0 Å². The normalized spacial score (nSPS) is 27.9. The molecule has 3 fully saturated rings. The summed E-state index contributed by atoms with van der Waals surface area (Å²) in [6.07, 6.45) is 9.13. The van der Waals surface area contributed by atoms with E-state index in [0.29, 0.717) is 12.0 Å². The Bertz CT molecular complexity index is 452. The van der Waals surface area contributed by atoms with Crippen molar-refractivity contribution in [2.24, 2.45) is 0 Å². The van der Waals surface area contributed by atoms with E-state index >= 15 is 0 Å². The molecule has 2 saturated carbocycles. The van der Waals surface area contributed by atoms with Crippen LogP contribution in [0.2, 0.25) is 0 Å². The summed E-state index contributed by atoms with van der Waals surface area (Å²) < 4.78 is 5.43. The van der Waals surface area contributed by atoms with Gasteiger partial charge in [0.15, 0.2) is 5.82 Å². The van der Waals surface area contributed by atoms with Gasteiger partial charge in [0.2, 0.25) is 5.89 Å². The SMILES string of the molecule is C1CCN(Cc2nc(C3CC3)no2)C(CNC2CC2)C1. The zero-order valence-corrected chi connectivity index (χ0v) is 12.1. The molecule has 1 aromatic rings. The molecule has 0 bridgehead atoms. The molecule has 1 aliphatic heterocycles. The largest absolute Gasteiger partial charge is 0.338 e. The molecule has 1 N–H and O–H groups in total. The maximum Gasteiger partial charge on any atom is 0.240 e. The van der Waals surface area contributed by atoms with Crippen LogP contribution in [0, 0.1) is 0 Å². The highest BCUT2D eigenvalue weighted by Crippen LogP contribution is 2.38. The molecule has 1 saturated heterocycles. The number of aromatic nitrogens is 2. The molecule has 20 heavy (non-hydrogen) atoms. The highest BCUT2D eigenvalue weighted by Gasteiger charge is 2.30. The maximum atomic E-state index is 5.43. The van der Waals surface area contributed by atoms with E-state index in [2.05, 4.69) is 20.4 Å². The molecule has 3 aliphatic rings. The second-order valence-corrected chi connectivity index (χ2v) is 6.62. The summed E-state index contributed by atoms with van der Waals surface area (Å²) in [7, 11) is 0. The van der Waals surface area contributed by atoms with Crippen LogP contribution in [0.1, 0.15) is 62.6 Å². The van der Waals surface area contributed by atoms with E-state index in [9.17, 15) is 0 Å². The summed E-state index contributed by atoms with van der Waals surface area (Å²) in [6, 6.07) is 1.43. The summed E-state index contributed by atoms with van der Waals surface area (Å²) in [5.41, 5.74) is 0. The lowest BCUT2D eigenvalue weighted by molar-refractivity contribution is 0.121. The van der Waals surface area contributed by atoms with Crippen molar-refractivity contribution in [1.82, 2.24) is 20.4 Å². The lowest BCUT2D eigenvalue weighted by Gasteiger charge is -2.34. The molecule has 2 aliphatic carbocycles. The molecule has 0 spiro atoms. The molecule has 0 amide bonds. The fourth-order valence-corrected chi connectivity index (χ4v) is 3.10. The minimum absolute atomic E-state index is 0.584. The van der Waals surface area contributed by atoms with E-state index in [1.165, 1.54) is 44.9 Å². The van der Waals surface area contributed by atoms with Crippen LogP contribution >= 0.6 is 0 Å². The van der Waals surface area contributed by atoms with E-state index in [1.807, 2.05) is 0 Å². The number of piperidine rings is 1. The van der Waals surface area contributed by atoms with E-state index in [0.717, 1.165) is 37.4 Å². The summed E-state index contributed by atoms with van der Waals surface area (Å²) in [5, 5.41) is 7.79. The third-order valence-electron chi connectivity index (χ3n) is 4.73. The Kier molecular flexibility index (Phi) is 3.48. The van der Waals surface area contributed by atoms with Crippen molar-refractivity contribution in [2.75, 3.05) is 13.1 Å². The lowest BCUT2D eigenvalue weighted by Crippen LogP contribution is -2.45. The average molecular weight is 276 g/mol. The number of hydrogen-bond acceptors (Lipinski definition) is 5. The van der Waals surface area contributed by atoms with Gasteiger partial charge < -0.3 is 9.84 Å². The van der Waals surface area contributed by atoms with Crippen LogP contribution in [0.4, 0.5) is 0 Å². The smallest absolute Gasteiger partial charge is 0.240 e. The Hall–Kier alpha value is -0.940. The highest BCUT2D eigenvalue weighted by atomic mass is 16.5. The van der Waals surface area contributed by atoms with Crippen molar-refractivity contribution < 1.29 is 4.52 Å². The fourth-order valence-electron chi connectivity index (χ4n) is 3.10. The monoisotopic (exact) mass is 276 g/mol. The summed E-state index contributed by atoms with van der Waals surface area (Å²) in [6.45, 7) is 3.11. The van der Waals surface area contributed by atoms with Crippen LogP contribution in [-0.4, -0.2) is 40.2 Å². The van der Waals surface area contributed by atoms with Crippen LogP contribution in [-0.2, 0) is 6.54 Å². The topological polar surface area (TPSA) is 54.2 Å². The van der Waals surface area contributed by atoms with E-state index in [1.54, 1.807) is 0 Å². The van der Waals surface area contributed by atoms with Crippen LogP contribution in [0.5, 0.6) is 0 Å². The summed E-state index contributed by atoms with van der Waals surface area (Å²) >= 11 is 0. The zero-order chi connectivity index (χ0) is 13.4. The van der Waals surface area contributed by atoms with Gasteiger partial charge in [-0.05, 0) is 45.1 Å². The quantitative estimate of drug-likeness (QED) is 0.862. The van der Waals surface area contributed by atoms with E-state index in [4.69, 9.17) is 4.52 Å². The first-order valence-corrected chi connectivity index (χ1v) is 8.18. The number of rotatable bonds is 6. The Labute approximate surface area is 120 Å². The van der Waals surface area contributed by atoms with Gasteiger partial charge in [-0.1, -0.05) is 11.6 Å². The number of nitrogens with zero attached hydrogens (tertiary/aromatic N) is 3. The van der Waals surface area contributed by atoms with Gasteiger partial charge in [-0.2, -0.15) is 4.98 Å². The van der Waals surface area contributed by atoms with Crippen LogP contribution in [0.25, 0.3) is 0 Å². The zero-order valence-electron chi connectivity index (χ0n) is 12.1. The number of likely N-dealkylation sites (tertiary alicyclic amines) is 1. The Balaban J connectivity index is 1.35. The van der Waals surface area contributed by atoms with Gasteiger partial charge in [-0.3, -0.25) is 4.90 Å². The summed E-state index contributed by atoms with van der Waals surface area (Å²) in [4.78, 5) is 7.10. The van der Waals surface area contributed by atoms with Crippen LogP contribution in [0.3, 0.4) is 0 Å². The molecule has 1 unspecified atom stereocenters. The van der Waals surface area contributed by atoms with E-state index < -0.39 is 0 Å². The van der Waals surface area contributed by atoms with Crippen LogP contribution in [0.15, 0.2) is 4.52 Å². The molecule has 5 heteroatoms. The second kappa shape index (κ2) is 5.45. The van der Waals surface area contributed by atoms with Crippen molar-refractivity contribution in [3.8, 4) is 0 Å². The third kappa shape index (κ3) is 3.04. The van der Waals surface area contributed by atoms with Crippen molar-refractivity contribution >= 4 is 0 Å². The van der Waals surface area contributed by atoms with Crippen molar-refractivity contribution in [3.63, 3.8) is 0 Å². The van der Waals surface area contributed by atoms with Crippen molar-refractivity contribution in [3.05, 3.63) is 11.7 Å². The average Bonchev–Trinajstić information content (AvgIpc) is 3.39. The fraction of sp³-hybridized carbons (Fsp3) is 0.867. The Morgan fingerprint density at radius 2 is 2.05 bits per heavy atom. The predicted molar refractivity (Wildman–Crippen MR) is 75.3 cm³/mol. The molecule has 1 aromatic heterocycles. The van der Waals surface area contributed by atoms with Crippen molar-refractivity contribution in [1.29, 1.82) is 0 Å². The molecule has 2 heterocycles. The maximum absolute atomic E-state index is 5.43. The molecule has 0 radical (unpaired) electrons. The molecule has 4 rings (SSSR count). The molecule has 1 atom stereocenters. The van der Waals surface area contributed by atoms with Gasteiger partial charge in [-0.15, -0.1) is 0 Å². The van der Waals surface area contributed by atoms with Gasteiger partial charge in [0, 0.05) is 24.5 Å². The standard InChI is InChI=1S/C15H24N4O/c1-2-8-19(13(3-1)9-16-12-6-7-12)10-14-17-15(18-20-14)11-4-5-11/h11-13,16H,1-10H2. The lowest BCUT2D eigenvalue weighted by atomic mass is 10.0. The van der Waals surface area contributed by atoms with Gasteiger partial charge in [0.1, 0.15) is 0 Å². The van der Waals surface area contributed by atoms with Gasteiger partial charge >= 0.3 is 0 Å². The molecule has 110 valence electrons. The first-order chi connectivity index (χ1) is 9.88. The molecule has 5 nitrogen and oxygen atoms in total. The first-order valence-electron chi connectivity index (χ1n) is 8.18. The van der Waals surface area contributed by atoms with Gasteiger partial charge in [0.05, 0.1) is 6.54 Å². The predicted octanol–water partition coefficient (Wildman–Crippen LogP) is 2.05. The van der Waals surface area contributed by atoms with Crippen LogP contribution < -0.4 is 5.32 Å². The number of nitrogens with one attached hydrogen (secondary N) is 1. The molecular weight excluding hydrogens is 252 g/mol. The first kappa shape index (κ1) is 12.8. The number of hydrogen-bond donors (Lipinski definition) is 1. The second-order valence-electron chi connectivity index (χ2n) is 6.62. The summed E-state index contributed by atoms with van der Waals surface area (Å²) in [5.74, 6) is 2.33.